The van der Waals surface area contributed by atoms with Crippen LogP contribution in [0.2, 0.25) is 0 Å². The van der Waals surface area contributed by atoms with Gasteiger partial charge in [-0.15, -0.1) is 0 Å². The van der Waals surface area contributed by atoms with Crippen molar-refractivity contribution in [1.82, 2.24) is 20.1 Å². The second-order valence-electron chi connectivity index (χ2n) is 6.63. The SMILES string of the molecule is Cc1ccc2c(c1C)OCC2NC(=O)c1cncc(-c2cnn(C)c2)c1. The van der Waals surface area contributed by atoms with Crippen molar-refractivity contribution in [3.63, 3.8) is 0 Å². The highest BCUT2D eigenvalue weighted by molar-refractivity contribution is 5.95. The van der Waals surface area contributed by atoms with E-state index < -0.39 is 0 Å². The molecule has 0 fully saturated rings. The van der Waals surface area contributed by atoms with E-state index in [1.165, 1.54) is 5.56 Å². The van der Waals surface area contributed by atoms with Crippen LogP contribution in [0.3, 0.4) is 0 Å². The van der Waals surface area contributed by atoms with Crippen molar-refractivity contribution in [1.29, 1.82) is 0 Å². The van der Waals surface area contributed by atoms with Gasteiger partial charge in [0.25, 0.3) is 5.91 Å². The smallest absolute Gasteiger partial charge is 0.253 e. The van der Waals surface area contributed by atoms with Crippen LogP contribution in [0, 0.1) is 13.8 Å². The Morgan fingerprint density at radius 2 is 2.08 bits per heavy atom. The molecule has 0 saturated heterocycles. The summed E-state index contributed by atoms with van der Waals surface area (Å²) in [5, 5.41) is 7.22. The molecule has 6 nitrogen and oxygen atoms in total. The third-order valence-electron chi connectivity index (χ3n) is 4.82. The van der Waals surface area contributed by atoms with E-state index in [2.05, 4.69) is 28.4 Å². The minimum absolute atomic E-state index is 0.154. The van der Waals surface area contributed by atoms with E-state index in [4.69, 9.17) is 4.74 Å². The number of amides is 1. The van der Waals surface area contributed by atoms with Crippen molar-refractivity contribution in [2.45, 2.75) is 19.9 Å². The molecular formula is C20H20N4O2. The Hall–Kier alpha value is -3.15. The number of aromatic nitrogens is 3. The van der Waals surface area contributed by atoms with Gasteiger partial charge in [0.2, 0.25) is 0 Å². The highest BCUT2D eigenvalue weighted by atomic mass is 16.5. The third kappa shape index (κ3) is 2.83. The van der Waals surface area contributed by atoms with Crippen molar-refractivity contribution in [3.8, 4) is 16.9 Å². The molecule has 0 bridgehead atoms. The number of ether oxygens (including phenoxy) is 1. The average Bonchev–Trinajstić information content (AvgIpc) is 3.25. The average molecular weight is 348 g/mol. The molecule has 0 saturated carbocycles. The molecule has 1 atom stereocenters. The third-order valence-corrected chi connectivity index (χ3v) is 4.82. The van der Waals surface area contributed by atoms with Gasteiger partial charge in [-0.25, -0.2) is 0 Å². The molecule has 0 aliphatic carbocycles. The van der Waals surface area contributed by atoms with Gasteiger partial charge in [-0.1, -0.05) is 12.1 Å². The first-order valence-electron chi connectivity index (χ1n) is 8.51. The molecule has 2 aromatic heterocycles. The number of nitrogens with one attached hydrogen (secondary N) is 1. The quantitative estimate of drug-likeness (QED) is 0.790. The van der Waals surface area contributed by atoms with Crippen LogP contribution in [0.5, 0.6) is 5.75 Å². The Morgan fingerprint density at radius 1 is 1.23 bits per heavy atom. The van der Waals surface area contributed by atoms with Crippen molar-refractivity contribution in [2.75, 3.05) is 6.61 Å². The monoisotopic (exact) mass is 348 g/mol. The number of fused-ring (bicyclic) bond motifs is 1. The fraction of sp³-hybridized carbons (Fsp3) is 0.250. The van der Waals surface area contributed by atoms with Gasteiger partial charge in [0.1, 0.15) is 12.4 Å². The molecule has 1 amide bonds. The van der Waals surface area contributed by atoms with Crippen LogP contribution in [0.4, 0.5) is 0 Å². The van der Waals surface area contributed by atoms with Gasteiger partial charge in [0.05, 0.1) is 17.8 Å². The highest BCUT2D eigenvalue weighted by Gasteiger charge is 2.27. The summed E-state index contributed by atoms with van der Waals surface area (Å²) in [5.74, 6) is 0.723. The summed E-state index contributed by atoms with van der Waals surface area (Å²) < 4.78 is 7.54. The lowest BCUT2D eigenvalue weighted by molar-refractivity contribution is 0.0930. The maximum Gasteiger partial charge on any atom is 0.253 e. The largest absolute Gasteiger partial charge is 0.490 e. The van der Waals surface area contributed by atoms with Gasteiger partial charge >= 0.3 is 0 Å². The van der Waals surface area contributed by atoms with Crippen LogP contribution in [0.1, 0.15) is 33.1 Å². The number of aryl methyl sites for hydroxylation is 2. The number of pyridine rings is 1. The van der Waals surface area contributed by atoms with Crippen LogP contribution in [-0.2, 0) is 7.05 Å². The van der Waals surface area contributed by atoms with Crippen LogP contribution in [0.15, 0.2) is 43.0 Å². The Bertz CT molecular complexity index is 993. The van der Waals surface area contributed by atoms with E-state index in [1.54, 1.807) is 23.3 Å². The Kier molecular flexibility index (Phi) is 3.95. The summed E-state index contributed by atoms with van der Waals surface area (Å²) >= 11 is 0. The molecule has 26 heavy (non-hydrogen) atoms. The zero-order valence-corrected chi connectivity index (χ0v) is 15.0. The lowest BCUT2D eigenvalue weighted by atomic mass is 10.0. The first-order valence-corrected chi connectivity index (χ1v) is 8.51. The molecule has 4 rings (SSSR count). The van der Waals surface area contributed by atoms with Gasteiger partial charge in [-0.05, 0) is 31.0 Å². The lowest BCUT2D eigenvalue weighted by Crippen LogP contribution is -2.29. The number of carbonyl (C=O) groups excluding carboxylic acids is 1. The normalized spacial score (nSPS) is 15.4. The van der Waals surface area contributed by atoms with E-state index >= 15 is 0 Å². The minimum atomic E-state index is -0.164. The van der Waals surface area contributed by atoms with E-state index in [9.17, 15) is 4.79 Å². The summed E-state index contributed by atoms with van der Waals surface area (Å²) in [5.41, 5.74) is 5.64. The van der Waals surface area contributed by atoms with Gasteiger partial charge in [-0.3, -0.25) is 14.5 Å². The second kappa shape index (κ2) is 6.29. The zero-order chi connectivity index (χ0) is 18.3. The fourth-order valence-electron chi connectivity index (χ4n) is 3.19. The van der Waals surface area contributed by atoms with Crippen molar-refractivity contribution < 1.29 is 9.53 Å². The zero-order valence-electron chi connectivity index (χ0n) is 15.0. The molecule has 1 aliphatic rings. The van der Waals surface area contributed by atoms with E-state index in [0.29, 0.717) is 12.2 Å². The minimum Gasteiger partial charge on any atom is -0.490 e. The summed E-state index contributed by atoms with van der Waals surface area (Å²) in [7, 11) is 1.86. The summed E-state index contributed by atoms with van der Waals surface area (Å²) in [6.07, 6.45) is 6.95. The maximum absolute atomic E-state index is 12.7. The molecule has 1 N–H and O–H groups in total. The molecule has 132 valence electrons. The number of hydrogen-bond acceptors (Lipinski definition) is 4. The van der Waals surface area contributed by atoms with Crippen LogP contribution >= 0.6 is 0 Å². The Balaban J connectivity index is 1.56. The second-order valence-corrected chi connectivity index (χ2v) is 6.63. The Morgan fingerprint density at radius 3 is 2.85 bits per heavy atom. The molecular weight excluding hydrogens is 328 g/mol. The highest BCUT2D eigenvalue weighted by Crippen LogP contribution is 2.36. The predicted molar refractivity (Wildman–Crippen MR) is 98.1 cm³/mol. The predicted octanol–water partition coefficient (Wildman–Crippen LogP) is 2.96. The number of hydrogen-bond donors (Lipinski definition) is 1. The van der Waals surface area contributed by atoms with Crippen LogP contribution < -0.4 is 10.1 Å². The molecule has 0 spiro atoms. The molecule has 1 aromatic carbocycles. The van der Waals surface area contributed by atoms with Crippen molar-refractivity contribution in [2.24, 2.45) is 7.05 Å². The van der Waals surface area contributed by atoms with E-state index in [0.717, 1.165) is 28.0 Å². The lowest BCUT2D eigenvalue weighted by Gasteiger charge is -2.12. The maximum atomic E-state index is 12.7. The molecule has 0 radical (unpaired) electrons. The summed E-state index contributed by atoms with van der Waals surface area (Å²) in [4.78, 5) is 16.9. The van der Waals surface area contributed by atoms with Crippen LogP contribution in [0.25, 0.3) is 11.1 Å². The fourth-order valence-corrected chi connectivity index (χ4v) is 3.19. The van der Waals surface area contributed by atoms with Gasteiger partial charge < -0.3 is 10.1 Å². The van der Waals surface area contributed by atoms with E-state index in [1.807, 2.05) is 32.3 Å². The first kappa shape index (κ1) is 16.3. The number of benzene rings is 1. The van der Waals surface area contributed by atoms with Crippen molar-refractivity contribution in [3.05, 3.63) is 65.2 Å². The number of nitrogens with zero attached hydrogens (tertiary/aromatic N) is 3. The summed E-state index contributed by atoms with van der Waals surface area (Å²) in [6.45, 7) is 4.54. The van der Waals surface area contributed by atoms with Gasteiger partial charge in [-0.2, -0.15) is 5.10 Å². The number of rotatable bonds is 3. The molecule has 1 aliphatic heterocycles. The number of carbonyl (C=O) groups is 1. The van der Waals surface area contributed by atoms with Gasteiger partial charge in [0, 0.05) is 42.3 Å². The first-order chi connectivity index (χ1) is 12.5. The Labute approximate surface area is 151 Å². The topological polar surface area (TPSA) is 69.0 Å². The molecule has 1 unspecified atom stereocenters. The molecule has 3 aromatic rings. The van der Waals surface area contributed by atoms with Crippen LogP contribution in [-0.4, -0.2) is 27.3 Å². The standard InChI is InChI=1S/C20H20N4O2/c1-12-4-5-17-18(11-26-19(17)13(12)2)23-20(25)15-6-14(7-21-8-15)16-9-22-24(3)10-16/h4-10,18H,11H2,1-3H3,(H,23,25). The molecule has 6 heteroatoms. The summed E-state index contributed by atoms with van der Waals surface area (Å²) in [6, 6.07) is 5.77. The van der Waals surface area contributed by atoms with Gasteiger partial charge in [0.15, 0.2) is 0 Å². The molecule has 3 heterocycles. The van der Waals surface area contributed by atoms with E-state index in [-0.39, 0.29) is 11.9 Å². The van der Waals surface area contributed by atoms with Crippen molar-refractivity contribution >= 4 is 5.91 Å².